The van der Waals surface area contributed by atoms with E-state index in [4.69, 9.17) is 25.3 Å². The summed E-state index contributed by atoms with van der Waals surface area (Å²) >= 11 is 0. The third-order valence-electron chi connectivity index (χ3n) is 0.882. The summed E-state index contributed by atoms with van der Waals surface area (Å²) in [5.74, 6) is -0.153. The number of benzene rings is 1. The normalized spacial score (nSPS) is 7.62. The Bertz CT molecular complexity index is 213. The zero-order valence-corrected chi connectivity index (χ0v) is 10.2. The van der Waals surface area contributed by atoms with Gasteiger partial charge in [-0.05, 0) is 12.1 Å². The van der Waals surface area contributed by atoms with Crippen LogP contribution in [0.4, 0.5) is 0 Å². The van der Waals surface area contributed by atoms with Gasteiger partial charge in [0.15, 0.2) is 11.5 Å². The fourth-order valence-electron chi connectivity index (χ4n) is 0.464. The van der Waals surface area contributed by atoms with Crippen LogP contribution < -0.4 is 51.4 Å². The smallest absolute Gasteiger partial charge is 1.00 e. The molecule has 0 aliphatic carbocycles. The maximum Gasteiger partial charge on any atom is 1.00 e. The van der Waals surface area contributed by atoms with Crippen LogP contribution in [0.3, 0.4) is 0 Å². The van der Waals surface area contributed by atoms with Crippen LogP contribution in [-0.2, 0) is 0 Å². The molecular formula is C6H10BKO5. The number of aromatic hydroxyl groups is 2. The fraction of sp³-hybridized carbons (Fsp3) is 0. The number of para-hydroxylation sites is 2. The van der Waals surface area contributed by atoms with Crippen molar-refractivity contribution in [2.75, 3.05) is 0 Å². The number of phenolic OH excluding ortho intramolecular Hbond substituents is 2. The van der Waals surface area contributed by atoms with Crippen molar-refractivity contribution in [1.82, 2.24) is 0 Å². The van der Waals surface area contributed by atoms with Gasteiger partial charge in [-0.2, -0.15) is 0 Å². The Balaban J connectivity index is -0.000000180. The van der Waals surface area contributed by atoms with Crippen molar-refractivity contribution in [3.05, 3.63) is 24.3 Å². The molecule has 7 heteroatoms. The molecular weight excluding hydrogens is 202 g/mol. The quantitative estimate of drug-likeness (QED) is 0.224. The molecule has 1 aromatic rings. The molecule has 0 saturated heterocycles. The van der Waals surface area contributed by atoms with Crippen molar-refractivity contribution < 1.29 is 78.1 Å². The second kappa shape index (κ2) is 8.98. The van der Waals surface area contributed by atoms with Gasteiger partial charge in [-0.25, -0.2) is 0 Å². The van der Waals surface area contributed by atoms with Gasteiger partial charge in [-0.1, -0.05) is 12.1 Å². The van der Waals surface area contributed by atoms with Crippen LogP contribution in [0.2, 0.25) is 0 Å². The van der Waals surface area contributed by atoms with Crippen molar-refractivity contribution in [2.24, 2.45) is 0 Å². The third kappa shape index (κ3) is 10.3. The molecule has 0 aliphatic heterocycles. The minimum atomic E-state index is -2.17. The van der Waals surface area contributed by atoms with Crippen molar-refractivity contribution in [1.29, 1.82) is 0 Å². The molecule has 0 atom stereocenters. The number of phenols is 2. The van der Waals surface area contributed by atoms with Gasteiger partial charge in [-0.3, -0.25) is 0 Å². The Labute approximate surface area is 120 Å². The summed E-state index contributed by atoms with van der Waals surface area (Å²) in [4.78, 5) is 0. The molecule has 0 aromatic heterocycles. The number of hydrogen-bond donors (Lipinski definition) is 5. The molecule has 1 rings (SSSR count). The van der Waals surface area contributed by atoms with Gasteiger partial charge in [0.25, 0.3) is 0 Å². The molecule has 0 heterocycles. The van der Waals surface area contributed by atoms with E-state index in [1.54, 1.807) is 12.1 Å². The summed E-state index contributed by atoms with van der Waals surface area (Å²) in [5, 5.41) is 38.8. The molecule has 5 N–H and O–H groups in total. The second-order valence-corrected chi connectivity index (χ2v) is 1.84. The van der Waals surface area contributed by atoms with Gasteiger partial charge < -0.3 is 26.7 Å². The second-order valence-electron chi connectivity index (χ2n) is 1.84. The van der Waals surface area contributed by atoms with Crippen LogP contribution in [-0.4, -0.2) is 32.6 Å². The van der Waals surface area contributed by atoms with Crippen LogP contribution in [0, 0.1) is 0 Å². The molecule has 0 saturated carbocycles. The predicted octanol–water partition coefficient (Wildman–Crippen LogP) is -3.84. The summed E-state index contributed by atoms with van der Waals surface area (Å²) in [6.07, 6.45) is 0. The molecule has 0 amide bonds. The topological polar surface area (TPSA) is 101 Å². The molecule has 0 fully saturated rings. The van der Waals surface area contributed by atoms with Crippen molar-refractivity contribution in [2.45, 2.75) is 0 Å². The molecule has 0 radical (unpaired) electrons. The Hall–Kier alpha value is 0.401. The van der Waals surface area contributed by atoms with Crippen molar-refractivity contribution in [3.8, 4) is 11.5 Å². The summed E-state index contributed by atoms with van der Waals surface area (Å²) < 4.78 is 0. The summed E-state index contributed by atoms with van der Waals surface area (Å²) in [6.45, 7) is 0. The van der Waals surface area contributed by atoms with Crippen LogP contribution >= 0.6 is 0 Å². The minimum absolute atomic E-state index is 0. The summed E-state index contributed by atoms with van der Waals surface area (Å²) in [6, 6.07) is 6.15. The molecule has 0 aliphatic rings. The first kappa shape index (κ1) is 15.9. The maximum atomic E-state index is 8.67. The molecule has 1 aromatic carbocycles. The molecule has 0 bridgehead atoms. The molecule has 0 unspecified atom stereocenters. The van der Waals surface area contributed by atoms with E-state index in [-0.39, 0.29) is 64.3 Å². The SMILES string of the molecule is OB(O)O.Oc1ccccc1O.[H-].[K+]. The average Bonchev–Trinajstić information content (AvgIpc) is 1.94. The summed E-state index contributed by atoms with van der Waals surface area (Å²) in [5.41, 5.74) is 0. The van der Waals surface area contributed by atoms with E-state index < -0.39 is 7.32 Å². The Morgan fingerprint density at radius 1 is 0.923 bits per heavy atom. The van der Waals surface area contributed by atoms with Gasteiger partial charge in [0.1, 0.15) is 0 Å². The zero-order chi connectivity index (χ0) is 9.56. The van der Waals surface area contributed by atoms with Gasteiger partial charge in [0, 0.05) is 0 Å². The first-order valence-electron chi connectivity index (χ1n) is 3.05. The van der Waals surface area contributed by atoms with Gasteiger partial charge >= 0.3 is 58.7 Å². The van der Waals surface area contributed by atoms with Gasteiger partial charge in [0.05, 0.1) is 0 Å². The Morgan fingerprint density at radius 3 is 1.31 bits per heavy atom. The predicted molar refractivity (Wildman–Crippen MR) is 43.3 cm³/mol. The zero-order valence-electron chi connectivity index (χ0n) is 8.12. The van der Waals surface area contributed by atoms with E-state index in [1.807, 2.05) is 0 Å². The van der Waals surface area contributed by atoms with E-state index >= 15 is 0 Å². The Kier molecular flexibility index (Phi) is 10.9. The van der Waals surface area contributed by atoms with Gasteiger partial charge in [-0.15, -0.1) is 0 Å². The minimum Gasteiger partial charge on any atom is -1.00 e. The first-order valence-corrected chi connectivity index (χ1v) is 3.05. The fourth-order valence-corrected chi connectivity index (χ4v) is 0.464. The van der Waals surface area contributed by atoms with E-state index in [9.17, 15) is 0 Å². The van der Waals surface area contributed by atoms with E-state index in [2.05, 4.69) is 0 Å². The maximum absolute atomic E-state index is 8.67. The van der Waals surface area contributed by atoms with Crippen LogP contribution in [0.25, 0.3) is 0 Å². The average molecular weight is 212 g/mol. The number of hydrogen-bond acceptors (Lipinski definition) is 5. The van der Waals surface area contributed by atoms with E-state index in [0.717, 1.165) is 0 Å². The third-order valence-corrected chi connectivity index (χ3v) is 0.882. The van der Waals surface area contributed by atoms with E-state index in [1.165, 1.54) is 12.1 Å². The summed E-state index contributed by atoms with van der Waals surface area (Å²) in [7, 11) is -2.17. The van der Waals surface area contributed by atoms with Crippen molar-refractivity contribution in [3.63, 3.8) is 0 Å². The molecule has 0 spiro atoms. The first-order chi connectivity index (χ1) is 5.54. The van der Waals surface area contributed by atoms with Gasteiger partial charge in [0.2, 0.25) is 0 Å². The Morgan fingerprint density at radius 2 is 1.15 bits per heavy atom. The van der Waals surface area contributed by atoms with Crippen molar-refractivity contribution >= 4 is 7.32 Å². The molecule has 13 heavy (non-hydrogen) atoms. The standard InChI is InChI=1S/C6H6O2.BH3O3.K.H/c7-5-3-1-2-4-6(5)8;2-1(3)4;;/h1-4,7-8H;2-4H;;/q;;+1;-1. The molecule has 5 nitrogen and oxygen atoms in total. The molecule has 68 valence electrons. The van der Waals surface area contributed by atoms with E-state index in [0.29, 0.717) is 0 Å². The monoisotopic (exact) mass is 212 g/mol. The number of rotatable bonds is 0. The van der Waals surface area contributed by atoms with Crippen LogP contribution in [0.5, 0.6) is 11.5 Å². The van der Waals surface area contributed by atoms with Crippen LogP contribution in [0.1, 0.15) is 1.43 Å². The largest absolute Gasteiger partial charge is 1.00 e. The van der Waals surface area contributed by atoms with Crippen LogP contribution in [0.15, 0.2) is 24.3 Å².